The number of nitrogens with zero attached hydrogens (tertiary/aromatic N) is 2. The molecule has 2 N–H and O–H groups in total. The number of imidazole rings is 1. The van der Waals surface area contributed by atoms with Gasteiger partial charge < -0.3 is 10.3 Å². The Labute approximate surface area is 117 Å². The number of nitrogens with two attached hydrogens (primary N) is 1. The molecule has 20 heavy (non-hydrogen) atoms. The average molecular weight is 289 g/mol. The molecule has 0 amide bonds. The molecule has 0 radical (unpaired) electrons. The Morgan fingerprint density at radius 2 is 2.25 bits per heavy atom. The maximum atomic E-state index is 12.9. The highest BCUT2D eigenvalue weighted by Crippen LogP contribution is 2.41. The highest BCUT2D eigenvalue weighted by molar-refractivity contribution is 5.03. The molecule has 0 aliphatic heterocycles. The molecule has 1 aromatic heterocycles. The summed E-state index contributed by atoms with van der Waals surface area (Å²) in [4.78, 5) is 4.26. The van der Waals surface area contributed by atoms with Crippen LogP contribution in [0.5, 0.6) is 0 Å². The molecular weight excluding hydrogens is 267 g/mol. The maximum Gasteiger partial charge on any atom is 0.391 e. The van der Waals surface area contributed by atoms with Gasteiger partial charge in [0.25, 0.3) is 0 Å². The van der Waals surface area contributed by atoms with Crippen molar-refractivity contribution in [1.82, 2.24) is 9.55 Å². The molecule has 0 saturated heterocycles. The number of hydrogen-bond acceptors (Lipinski definition) is 2. The SMILES string of the molecule is CCCn1ccnc1CC1(N)CCCC(C(F)(F)F)C1. The van der Waals surface area contributed by atoms with E-state index >= 15 is 0 Å². The fourth-order valence-corrected chi connectivity index (χ4v) is 3.10. The zero-order valence-corrected chi connectivity index (χ0v) is 11.8. The third-order valence-corrected chi connectivity index (χ3v) is 4.12. The summed E-state index contributed by atoms with van der Waals surface area (Å²) in [5, 5.41) is 0. The molecular formula is C14H22F3N3. The van der Waals surface area contributed by atoms with Gasteiger partial charge in [0.2, 0.25) is 0 Å². The first kappa shape index (κ1) is 15.4. The van der Waals surface area contributed by atoms with Crippen molar-refractivity contribution < 1.29 is 13.2 Å². The second-order valence-corrected chi connectivity index (χ2v) is 5.91. The van der Waals surface area contributed by atoms with Gasteiger partial charge in [-0.1, -0.05) is 13.3 Å². The molecule has 0 spiro atoms. The molecule has 0 aromatic carbocycles. The predicted octanol–water partition coefficient (Wildman–Crippen LogP) is 3.29. The smallest absolute Gasteiger partial charge is 0.335 e. The number of rotatable bonds is 4. The number of aromatic nitrogens is 2. The summed E-state index contributed by atoms with van der Waals surface area (Å²) >= 11 is 0. The van der Waals surface area contributed by atoms with Crippen molar-refractivity contribution in [2.24, 2.45) is 11.7 Å². The van der Waals surface area contributed by atoms with Crippen LogP contribution in [0.25, 0.3) is 0 Å². The standard InChI is InChI=1S/C14H22F3N3/c1-2-7-20-8-6-19-12(20)10-13(18)5-3-4-11(9-13)14(15,16)17/h6,8,11H,2-5,7,9-10,18H2,1H3. The van der Waals surface area contributed by atoms with Gasteiger partial charge in [0, 0.05) is 30.9 Å². The number of alkyl halides is 3. The van der Waals surface area contributed by atoms with Crippen molar-refractivity contribution in [2.75, 3.05) is 0 Å². The lowest BCUT2D eigenvalue weighted by Crippen LogP contribution is -2.49. The molecule has 1 heterocycles. The summed E-state index contributed by atoms with van der Waals surface area (Å²) in [6, 6.07) is 0. The lowest BCUT2D eigenvalue weighted by atomic mass is 9.74. The van der Waals surface area contributed by atoms with Gasteiger partial charge in [0.05, 0.1) is 5.92 Å². The number of halogens is 3. The van der Waals surface area contributed by atoms with Crippen LogP contribution >= 0.6 is 0 Å². The van der Waals surface area contributed by atoms with E-state index in [1.807, 2.05) is 10.8 Å². The van der Waals surface area contributed by atoms with E-state index in [9.17, 15) is 13.2 Å². The van der Waals surface area contributed by atoms with Gasteiger partial charge in [-0.2, -0.15) is 13.2 Å². The first-order valence-corrected chi connectivity index (χ1v) is 7.20. The van der Waals surface area contributed by atoms with Crippen molar-refractivity contribution in [1.29, 1.82) is 0 Å². The van der Waals surface area contributed by atoms with Crippen LogP contribution in [0.15, 0.2) is 12.4 Å². The summed E-state index contributed by atoms with van der Waals surface area (Å²) in [5.41, 5.74) is 5.47. The molecule has 114 valence electrons. The fourth-order valence-electron chi connectivity index (χ4n) is 3.10. The first-order chi connectivity index (χ1) is 9.34. The normalized spacial score (nSPS) is 27.8. The van der Waals surface area contributed by atoms with Crippen LogP contribution in [-0.2, 0) is 13.0 Å². The quantitative estimate of drug-likeness (QED) is 0.924. The Kier molecular flexibility index (Phi) is 4.42. The Hall–Kier alpha value is -1.04. The second-order valence-electron chi connectivity index (χ2n) is 5.91. The van der Waals surface area contributed by atoms with E-state index in [0.29, 0.717) is 19.3 Å². The van der Waals surface area contributed by atoms with Crippen LogP contribution < -0.4 is 5.73 Å². The molecule has 2 rings (SSSR count). The molecule has 2 unspecified atom stereocenters. The van der Waals surface area contributed by atoms with Gasteiger partial charge in [-0.15, -0.1) is 0 Å². The van der Waals surface area contributed by atoms with Crippen molar-refractivity contribution in [3.8, 4) is 0 Å². The molecule has 1 aliphatic carbocycles. The minimum absolute atomic E-state index is 0.00941. The highest BCUT2D eigenvalue weighted by atomic mass is 19.4. The van der Waals surface area contributed by atoms with E-state index in [4.69, 9.17) is 5.73 Å². The fraction of sp³-hybridized carbons (Fsp3) is 0.786. The molecule has 0 bridgehead atoms. The zero-order chi connectivity index (χ0) is 14.8. The summed E-state index contributed by atoms with van der Waals surface area (Å²) < 4.78 is 40.7. The molecule has 1 aliphatic rings. The first-order valence-electron chi connectivity index (χ1n) is 7.20. The summed E-state index contributed by atoms with van der Waals surface area (Å²) in [6.45, 7) is 2.89. The van der Waals surface area contributed by atoms with Gasteiger partial charge in [0.15, 0.2) is 0 Å². The van der Waals surface area contributed by atoms with Crippen LogP contribution in [0.4, 0.5) is 13.2 Å². The van der Waals surface area contributed by atoms with Crippen molar-refractivity contribution in [3.63, 3.8) is 0 Å². The molecule has 3 nitrogen and oxygen atoms in total. The molecule has 1 saturated carbocycles. The number of hydrogen-bond donors (Lipinski definition) is 1. The van der Waals surface area contributed by atoms with Crippen LogP contribution in [0.3, 0.4) is 0 Å². The van der Waals surface area contributed by atoms with E-state index in [0.717, 1.165) is 18.8 Å². The van der Waals surface area contributed by atoms with Gasteiger partial charge in [-0.3, -0.25) is 0 Å². The number of aryl methyl sites for hydroxylation is 1. The van der Waals surface area contributed by atoms with E-state index in [1.165, 1.54) is 0 Å². The minimum Gasteiger partial charge on any atom is -0.335 e. The summed E-state index contributed by atoms with van der Waals surface area (Å²) in [6.07, 6.45) is 2.20. The molecule has 6 heteroatoms. The molecule has 1 aromatic rings. The largest absolute Gasteiger partial charge is 0.391 e. The van der Waals surface area contributed by atoms with Crippen molar-refractivity contribution in [3.05, 3.63) is 18.2 Å². The van der Waals surface area contributed by atoms with E-state index in [2.05, 4.69) is 11.9 Å². The van der Waals surface area contributed by atoms with Crippen molar-refractivity contribution >= 4 is 0 Å². The van der Waals surface area contributed by atoms with Crippen LogP contribution in [0, 0.1) is 5.92 Å². The Bertz CT molecular complexity index is 441. The monoisotopic (exact) mass is 289 g/mol. The lowest BCUT2D eigenvalue weighted by molar-refractivity contribution is -0.187. The summed E-state index contributed by atoms with van der Waals surface area (Å²) in [7, 11) is 0. The van der Waals surface area contributed by atoms with E-state index in [1.54, 1.807) is 6.20 Å². The van der Waals surface area contributed by atoms with E-state index < -0.39 is 17.6 Å². The van der Waals surface area contributed by atoms with Gasteiger partial charge in [0.1, 0.15) is 5.82 Å². The highest BCUT2D eigenvalue weighted by Gasteiger charge is 2.46. The maximum absolute atomic E-state index is 12.9. The molecule has 1 fully saturated rings. The second kappa shape index (κ2) is 5.76. The average Bonchev–Trinajstić information content (AvgIpc) is 2.75. The third-order valence-electron chi connectivity index (χ3n) is 4.12. The van der Waals surface area contributed by atoms with Crippen molar-refractivity contribution in [2.45, 2.75) is 63.7 Å². The Balaban J connectivity index is 2.08. The minimum atomic E-state index is -4.14. The Morgan fingerprint density at radius 1 is 1.50 bits per heavy atom. The topological polar surface area (TPSA) is 43.8 Å². The van der Waals surface area contributed by atoms with Crippen LogP contribution in [0.1, 0.15) is 44.9 Å². The van der Waals surface area contributed by atoms with E-state index in [-0.39, 0.29) is 12.8 Å². The summed E-state index contributed by atoms with van der Waals surface area (Å²) in [5.74, 6) is -0.465. The van der Waals surface area contributed by atoms with Gasteiger partial charge in [-0.05, 0) is 25.7 Å². The Morgan fingerprint density at radius 3 is 2.90 bits per heavy atom. The lowest BCUT2D eigenvalue weighted by Gasteiger charge is -2.38. The van der Waals surface area contributed by atoms with Crippen LogP contribution in [-0.4, -0.2) is 21.3 Å². The zero-order valence-electron chi connectivity index (χ0n) is 11.8. The van der Waals surface area contributed by atoms with Gasteiger partial charge >= 0.3 is 6.18 Å². The third kappa shape index (κ3) is 3.53. The molecule has 2 atom stereocenters. The predicted molar refractivity (Wildman–Crippen MR) is 71.2 cm³/mol. The van der Waals surface area contributed by atoms with Gasteiger partial charge in [-0.25, -0.2) is 4.98 Å². The van der Waals surface area contributed by atoms with Crippen LogP contribution in [0.2, 0.25) is 0 Å².